The lowest BCUT2D eigenvalue weighted by Crippen LogP contribution is -2.17. The first-order chi connectivity index (χ1) is 10.1. The Hall–Kier alpha value is -2.22. The Bertz CT molecular complexity index is 741. The smallest absolute Gasteiger partial charge is 0.127 e. The highest BCUT2D eigenvalue weighted by Crippen LogP contribution is 2.54. The monoisotopic (exact) mass is 278 g/mol. The summed E-state index contributed by atoms with van der Waals surface area (Å²) in [6.45, 7) is 2.04. The quantitative estimate of drug-likeness (QED) is 0.591. The fraction of sp³-hybridized carbons (Fsp3) is 0.263. The van der Waals surface area contributed by atoms with E-state index in [0.717, 1.165) is 35.1 Å². The lowest BCUT2D eigenvalue weighted by atomic mass is 9.70. The number of benzene rings is 2. The molecule has 2 bridgehead atoms. The summed E-state index contributed by atoms with van der Waals surface area (Å²) in [5.41, 5.74) is 4.72. The Balaban J connectivity index is 1.94. The largest absolute Gasteiger partial charge is 0.508 e. The molecule has 21 heavy (non-hydrogen) atoms. The van der Waals surface area contributed by atoms with Crippen molar-refractivity contribution in [3.8, 4) is 22.6 Å². The number of phenolic OH excluding ortho intramolecular Hbond substituents is 2. The van der Waals surface area contributed by atoms with E-state index in [1.807, 2.05) is 31.2 Å². The fourth-order valence-electron chi connectivity index (χ4n) is 3.71. The molecule has 0 amide bonds. The van der Waals surface area contributed by atoms with Crippen LogP contribution in [0.15, 0.2) is 42.5 Å². The van der Waals surface area contributed by atoms with E-state index in [4.69, 9.17) is 0 Å². The number of phenols is 2. The number of aryl methyl sites for hydroxylation is 1. The van der Waals surface area contributed by atoms with Gasteiger partial charge in [-0.25, -0.2) is 0 Å². The number of aromatic hydroxyl groups is 2. The van der Waals surface area contributed by atoms with Gasteiger partial charge in [-0.05, 0) is 31.4 Å². The van der Waals surface area contributed by atoms with Crippen LogP contribution in [0.2, 0.25) is 0 Å². The molecule has 2 N–H and O–H groups in total. The molecule has 0 fully saturated rings. The third-order valence-corrected chi connectivity index (χ3v) is 4.83. The van der Waals surface area contributed by atoms with Crippen LogP contribution in [0.1, 0.15) is 41.4 Å². The summed E-state index contributed by atoms with van der Waals surface area (Å²) in [6, 6.07) is 9.75. The summed E-state index contributed by atoms with van der Waals surface area (Å²) < 4.78 is 0. The van der Waals surface area contributed by atoms with Gasteiger partial charge in [0, 0.05) is 28.5 Å². The Kier molecular flexibility index (Phi) is 2.61. The van der Waals surface area contributed by atoms with Gasteiger partial charge in [0.05, 0.1) is 0 Å². The van der Waals surface area contributed by atoms with Crippen molar-refractivity contribution in [3.05, 3.63) is 59.2 Å². The fourth-order valence-corrected chi connectivity index (χ4v) is 3.71. The Morgan fingerprint density at radius 3 is 2.14 bits per heavy atom. The van der Waals surface area contributed by atoms with Gasteiger partial charge >= 0.3 is 0 Å². The molecule has 0 saturated heterocycles. The average Bonchev–Trinajstić information content (AvgIpc) is 2.52. The zero-order valence-corrected chi connectivity index (χ0v) is 12.0. The van der Waals surface area contributed by atoms with Crippen molar-refractivity contribution in [3.63, 3.8) is 0 Å². The molecule has 2 aromatic carbocycles. The molecule has 2 aromatic rings. The first-order valence-corrected chi connectivity index (χ1v) is 7.49. The third kappa shape index (κ3) is 1.79. The summed E-state index contributed by atoms with van der Waals surface area (Å²) in [5, 5.41) is 21.2. The van der Waals surface area contributed by atoms with E-state index in [1.54, 1.807) is 6.07 Å². The molecular weight excluding hydrogens is 260 g/mol. The normalized spacial score (nSPS) is 22.3. The van der Waals surface area contributed by atoms with E-state index in [2.05, 4.69) is 12.2 Å². The molecule has 0 aromatic heterocycles. The number of hydrogen-bond donors (Lipinski definition) is 2. The van der Waals surface area contributed by atoms with E-state index in [-0.39, 0.29) is 11.8 Å². The van der Waals surface area contributed by atoms with Crippen LogP contribution >= 0.6 is 0 Å². The van der Waals surface area contributed by atoms with Crippen molar-refractivity contribution in [2.45, 2.75) is 31.6 Å². The second kappa shape index (κ2) is 4.39. The van der Waals surface area contributed by atoms with Crippen molar-refractivity contribution in [2.24, 2.45) is 0 Å². The zero-order chi connectivity index (χ0) is 14.6. The molecule has 0 spiro atoms. The highest BCUT2D eigenvalue weighted by atomic mass is 16.3. The summed E-state index contributed by atoms with van der Waals surface area (Å²) in [7, 11) is 0. The van der Waals surface area contributed by atoms with E-state index in [1.165, 1.54) is 5.56 Å². The molecular formula is C19H18O2. The van der Waals surface area contributed by atoms with Gasteiger partial charge in [0.2, 0.25) is 0 Å². The number of hydrogen-bond acceptors (Lipinski definition) is 2. The SMILES string of the molecule is Cc1ccc(-c2cc(O)c3c(c2O)[C@@H]2C=C[C@H]3CC2)cc1. The molecule has 106 valence electrons. The van der Waals surface area contributed by atoms with Gasteiger partial charge in [0.25, 0.3) is 0 Å². The van der Waals surface area contributed by atoms with Crippen LogP contribution in [-0.2, 0) is 0 Å². The van der Waals surface area contributed by atoms with Gasteiger partial charge < -0.3 is 10.2 Å². The van der Waals surface area contributed by atoms with Gasteiger partial charge in [0.15, 0.2) is 0 Å². The van der Waals surface area contributed by atoms with Crippen LogP contribution in [0.4, 0.5) is 0 Å². The Labute approximate surface area is 124 Å². The van der Waals surface area contributed by atoms with Crippen molar-refractivity contribution >= 4 is 0 Å². The van der Waals surface area contributed by atoms with Gasteiger partial charge in [-0.3, -0.25) is 0 Å². The van der Waals surface area contributed by atoms with Gasteiger partial charge in [0.1, 0.15) is 11.5 Å². The maximum Gasteiger partial charge on any atom is 0.127 e. The van der Waals surface area contributed by atoms with Crippen molar-refractivity contribution in [2.75, 3.05) is 0 Å². The maximum absolute atomic E-state index is 10.8. The zero-order valence-electron chi connectivity index (χ0n) is 12.0. The van der Waals surface area contributed by atoms with Crippen molar-refractivity contribution in [1.29, 1.82) is 0 Å². The summed E-state index contributed by atoms with van der Waals surface area (Å²) >= 11 is 0. The van der Waals surface area contributed by atoms with E-state index in [9.17, 15) is 10.2 Å². The predicted molar refractivity (Wildman–Crippen MR) is 83.8 cm³/mol. The van der Waals surface area contributed by atoms with Crippen LogP contribution in [0.3, 0.4) is 0 Å². The molecule has 0 heterocycles. The van der Waals surface area contributed by atoms with Crippen LogP contribution < -0.4 is 0 Å². The first kappa shape index (κ1) is 12.5. The van der Waals surface area contributed by atoms with Gasteiger partial charge in [-0.15, -0.1) is 0 Å². The maximum atomic E-state index is 10.8. The molecule has 0 saturated carbocycles. The summed E-state index contributed by atoms with van der Waals surface area (Å²) in [5.74, 6) is 1.15. The van der Waals surface area contributed by atoms with Crippen molar-refractivity contribution in [1.82, 2.24) is 0 Å². The van der Waals surface area contributed by atoms with E-state index in [0.29, 0.717) is 11.5 Å². The first-order valence-electron chi connectivity index (χ1n) is 7.49. The third-order valence-electron chi connectivity index (χ3n) is 4.83. The van der Waals surface area contributed by atoms with Crippen LogP contribution in [0.25, 0.3) is 11.1 Å². The summed E-state index contributed by atoms with van der Waals surface area (Å²) in [4.78, 5) is 0. The second-order valence-corrected chi connectivity index (χ2v) is 6.16. The molecule has 3 aliphatic carbocycles. The minimum absolute atomic E-state index is 0.237. The van der Waals surface area contributed by atoms with Crippen LogP contribution in [-0.4, -0.2) is 10.2 Å². The molecule has 0 aliphatic heterocycles. The molecule has 2 heteroatoms. The molecule has 3 aliphatic rings. The molecule has 0 radical (unpaired) electrons. The second-order valence-electron chi connectivity index (χ2n) is 6.16. The number of fused-ring (bicyclic) bond motifs is 1. The van der Waals surface area contributed by atoms with Crippen molar-refractivity contribution < 1.29 is 10.2 Å². The van der Waals surface area contributed by atoms with Crippen LogP contribution in [0, 0.1) is 6.92 Å². The minimum Gasteiger partial charge on any atom is -0.508 e. The topological polar surface area (TPSA) is 40.5 Å². The molecule has 2 atom stereocenters. The highest BCUT2D eigenvalue weighted by Gasteiger charge is 2.34. The predicted octanol–water partition coefficient (Wildman–Crippen LogP) is 4.60. The average molecular weight is 278 g/mol. The van der Waals surface area contributed by atoms with Gasteiger partial charge in [-0.2, -0.15) is 0 Å². The summed E-state index contributed by atoms with van der Waals surface area (Å²) in [6.07, 6.45) is 6.46. The lowest BCUT2D eigenvalue weighted by Gasteiger charge is -2.35. The van der Waals surface area contributed by atoms with E-state index >= 15 is 0 Å². The van der Waals surface area contributed by atoms with E-state index < -0.39 is 0 Å². The lowest BCUT2D eigenvalue weighted by molar-refractivity contribution is 0.423. The standard InChI is InChI=1S/C19H18O2/c1-11-2-4-12(5-3-11)15-10-16(20)17-13-6-8-14(9-7-13)18(17)19(15)21/h2-6,8,10,13-14,20-21H,7,9H2,1H3/t13-,14+/m0/s1. The molecule has 2 nitrogen and oxygen atoms in total. The highest BCUT2D eigenvalue weighted by molar-refractivity contribution is 5.77. The van der Waals surface area contributed by atoms with Crippen LogP contribution in [0.5, 0.6) is 11.5 Å². The molecule has 0 unspecified atom stereocenters. The minimum atomic E-state index is 0.237. The number of allylic oxidation sites excluding steroid dienone is 2. The Morgan fingerprint density at radius 1 is 0.905 bits per heavy atom. The van der Waals surface area contributed by atoms with Gasteiger partial charge in [-0.1, -0.05) is 42.0 Å². The molecule has 5 rings (SSSR count). The Morgan fingerprint density at radius 2 is 1.52 bits per heavy atom. The number of rotatable bonds is 1.